The van der Waals surface area contributed by atoms with Crippen LogP contribution in [0.1, 0.15) is 69.6 Å². The highest BCUT2D eigenvalue weighted by molar-refractivity contribution is 14.1. The second-order valence-electron chi connectivity index (χ2n) is 11.2. The van der Waals surface area contributed by atoms with E-state index in [-0.39, 0.29) is 11.9 Å². The number of hydrogen-bond donors (Lipinski definition) is 0. The fraction of sp³-hybridized carbons (Fsp3) is 0.424. The van der Waals surface area contributed by atoms with E-state index in [0.29, 0.717) is 6.61 Å². The molecule has 1 fully saturated rings. The molecule has 1 aliphatic rings. The highest BCUT2D eigenvalue weighted by atomic mass is 127. The molecule has 1 saturated heterocycles. The molecule has 0 N–H and O–H groups in total. The van der Waals surface area contributed by atoms with Crippen LogP contribution in [0.5, 0.6) is 5.75 Å². The van der Waals surface area contributed by atoms with E-state index in [9.17, 15) is 4.79 Å². The molecule has 5 heteroatoms. The number of benzene rings is 3. The van der Waals surface area contributed by atoms with Crippen LogP contribution in [0.3, 0.4) is 0 Å². The zero-order valence-electron chi connectivity index (χ0n) is 23.1. The van der Waals surface area contributed by atoms with Gasteiger partial charge in [0.2, 0.25) is 0 Å². The molecule has 38 heavy (non-hydrogen) atoms. The third-order valence-corrected chi connectivity index (χ3v) is 8.12. The molecule has 4 nitrogen and oxygen atoms in total. The first kappa shape index (κ1) is 28.6. The Hall–Kier alpha value is -2.38. The largest absolute Gasteiger partial charge is 0.492 e. The van der Waals surface area contributed by atoms with Crippen molar-refractivity contribution in [3.8, 4) is 5.75 Å². The molecule has 0 aromatic heterocycles. The van der Waals surface area contributed by atoms with E-state index in [0.717, 1.165) is 52.1 Å². The lowest BCUT2D eigenvalue weighted by Crippen LogP contribution is -2.42. The summed E-state index contributed by atoms with van der Waals surface area (Å²) >= 11 is 2.32. The van der Waals surface area contributed by atoms with E-state index < -0.39 is 11.0 Å². The third-order valence-electron chi connectivity index (χ3n) is 7.40. The minimum atomic E-state index is -1.00. The van der Waals surface area contributed by atoms with Crippen LogP contribution in [0.2, 0.25) is 0 Å². The first-order valence-electron chi connectivity index (χ1n) is 13.7. The smallest absolute Gasteiger partial charge is 0.312 e. The van der Waals surface area contributed by atoms with Gasteiger partial charge in [0.25, 0.3) is 0 Å². The molecular weight excluding hydrogens is 585 g/mol. The third kappa shape index (κ3) is 6.60. The van der Waals surface area contributed by atoms with E-state index in [1.807, 2.05) is 39.0 Å². The summed E-state index contributed by atoms with van der Waals surface area (Å²) < 4.78 is 14.0. The Morgan fingerprint density at radius 2 is 1.47 bits per heavy atom. The van der Waals surface area contributed by atoms with Crippen molar-refractivity contribution in [2.75, 3.05) is 26.2 Å². The fourth-order valence-electron chi connectivity index (χ4n) is 5.30. The van der Waals surface area contributed by atoms with Crippen LogP contribution in [0.4, 0.5) is 0 Å². The van der Waals surface area contributed by atoms with Gasteiger partial charge in [-0.3, -0.25) is 9.69 Å². The number of carbonyl (C=O) groups excluding carboxylic acids is 1. The van der Waals surface area contributed by atoms with Gasteiger partial charge in [0, 0.05) is 27.2 Å². The molecule has 0 radical (unpaired) electrons. The second-order valence-corrected chi connectivity index (χ2v) is 12.4. The number of carbonyl (C=O) groups is 1. The van der Waals surface area contributed by atoms with Gasteiger partial charge in [-0.2, -0.15) is 0 Å². The van der Waals surface area contributed by atoms with Crippen molar-refractivity contribution in [3.63, 3.8) is 0 Å². The van der Waals surface area contributed by atoms with E-state index in [1.165, 1.54) is 12.8 Å². The summed E-state index contributed by atoms with van der Waals surface area (Å²) in [6, 6.07) is 27.0. The lowest BCUT2D eigenvalue weighted by atomic mass is 9.71. The van der Waals surface area contributed by atoms with Crippen LogP contribution in [0, 0.1) is 8.99 Å². The van der Waals surface area contributed by atoms with E-state index in [1.54, 1.807) is 0 Å². The topological polar surface area (TPSA) is 38.8 Å². The van der Waals surface area contributed by atoms with E-state index in [4.69, 9.17) is 9.47 Å². The number of likely N-dealkylation sites (tertiary alicyclic amines) is 1. The van der Waals surface area contributed by atoms with Crippen molar-refractivity contribution >= 4 is 28.6 Å². The quantitative estimate of drug-likeness (QED) is 0.170. The van der Waals surface area contributed by atoms with Crippen LogP contribution >= 0.6 is 22.6 Å². The number of hydrogen-bond acceptors (Lipinski definition) is 4. The molecule has 202 valence electrons. The van der Waals surface area contributed by atoms with Crippen molar-refractivity contribution in [2.24, 2.45) is 5.41 Å². The van der Waals surface area contributed by atoms with E-state index >= 15 is 0 Å². The average Bonchev–Trinajstić information content (AvgIpc) is 3.43. The van der Waals surface area contributed by atoms with E-state index in [2.05, 4.69) is 95.1 Å². The normalized spacial score (nSPS) is 16.6. The minimum Gasteiger partial charge on any atom is -0.492 e. The number of rotatable bonds is 10. The maximum Gasteiger partial charge on any atom is 0.312 e. The number of esters is 1. The van der Waals surface area contributed by atoms with Gasteiger partial charge in [-0.25, -0.2) is 0 Å². The van der Waals surface area contributed by atoms with Crippen LogP contribution in [0.25, 0.3) is 0 Å². The zero-order chi connectivity index (χ0) is 27.2. The summed E-state index contributed by atoms with van der Waals surface area (Å²) in [5, 5.41) is 0. The molecule has 1 heterocycles. The number of halogens is 1. The summed E-state index contributed by atoms with van der Waals surface area (Å²) in [5.41, 5.74) is 1.40. The molecule has 0 saturated carbocycles. The summed E-state index contributed by atoms with van der Waals surface area (Å²) in [7, 11) is 0. The van der Waals surface area contributed by atoms with Gasteiger partial charge >= 0.3 is 5.97 Å². The maximum absolute atomic E-state index is 13.6. The van der Waals surface area contributed by atoms with Crippen molar-refractivity contribution in [1.29, 1.82) is 0 Å². The SMILES string of the molecule is CCC(c1ccccc1)[C@@](OC(=O)C(C)(C)C)(c1ccc(I)cc1)c1ccc(OCCN2CCCC2)cc1. The van der Waals surface area contributed by atoms with Gasteiger partial charge in [0.15, 0.2) is 5.60 Å². The lowest BCUT2D eigenvalue weighted by molar-refractivity contribution is -0.169. The monoisotopic (exact) mass is 625 g/mol. The maximum atomic E-state index is 13.6. The molecule has 1 unspecified atom stereocenters. The van der Waals surface area contributed by atoms with Crippen LogP contribution in [0.15, 0.2) is 78.9 Å². The molecule has 0 bridgehead atoms. The molecule has 4 rings (SSSR count). The summed E-state index contributed by atoms with van der Waals surface area (Å²) in [6.45, 7) is 11.8. The highest BCUT2D eigenvalue weighted by Gasteiger charge is 2.47. The predicted octanol–water partition coefficient (Wildman–Crippen LogP) is 7.79. The molecule has 0 spiro atoms. The first-order chi connectivity index (χ1) is 18.2. The van der Waals surface area contributed by atoms with Gasteiger partial charge in [0.1, 0.15) is 12.4 Å². The Balaban J connectivity index is 1.78. The fourth-order valence-corrected chi connectivity index (χ4v) is 5.66. The van der Waals surface area contributed by atoms with Gasteiger partial charge in [-0.05, 0) is 106 Å². The average molecular weight is 626 g/mol. The van der Waals surface area contributed by atoms with Crippen molar-refractivity contribution in [1.82, 2.24) is 4.90 Å². The van der Waals surface area contributed by atoms with Gasteiger partial charge in [-0.15, -0.1) is 0 Å². The first-order valence-corrected chi connectivity index (χ1v) is 14.8. The van der Waals surface area contributed by atoms with Gasteiger partial charge < -0.3 is 9.47 Å². The van der Waals surface area contributed by atoms with Crippen LogP contribution < -0.4 is 4.74 Å². The highest BCUT2D eigenvalue weighted by Crippen LogP contribution is 2.49. The van der Waals surface area contributed by atoms with Crippen molar-refractivity contribution in [2.45, 2.75) is 58.5 Å². The lowest BCUT2D eigenvalue weighted by Gasteiger charge is -2.42. The summed E-state index contributed by atoms with van der Waals surface area (Å²) in [5.74, 6) is 0.521. The van der Waals surface area contributed by atoms with Gasteiger partial charge in [0.05, 0.1) is 5.41 Å². The molecule has 0 amide bonds. The second kappa shape index (κ2) is 12.6. The Morgan fingerprint density at radius 3 is 2.03 bits per heavy atom. The number of ether oxygens (including phenoxy) is 2. The summed E-state index contributed by atoms with van der Waals surface area (Å²) in [6.07, 6.45) is 3.35. The number of nitrogens with zero attached hydrogens (tertiary/aromatic N) is 1. The Morgan fingerprint density at radius 1 is 0.895 bits per heavy atom. The standard InChI is InChI=1S/C33H40INO3/c1-5-30(25-11-7-6-8-12-25)33(38-31(36)32(2,3)4,26-13-17-28(34)18-14-26)27-15-19-29(20-16-27)37-24-23-35-21-9-10-22-35/h6-8,11-20,30H,5,9-10,21-24H2,1-4H3/t30?,33-/m1/s1. The van der Waals surface area contributed by atoms with Gasteiger partial charge in [-0.1, -0.05) is 61.5 Å². The molecule has 3 aromatic carbocycles. The molecule has 0 aliphatic carbocycles. The Kier molecular flexibility index (Phi) is 9.53. The molecule has 3 aromatic rings. The van der Waals surface area contributed by atoms with Crippen molar-refractivity contribution in [3.05, 3.63) is 99.1 Å². The molecule has 2 atom stereocenters. The Labute approximate surface area is 241 Å². The minimum absolute atomic E-state index is 0.0861. The molecule has 1 aliphatic heterocycles. The van der Waals surface area contributed by atoms with Crippen LogP contribution in [-0.4, -0.2) is 37.1 Å². The van der Waals surface area contributed by atoms with Crippen molar-refractivity contribution < 1.29 is 14.3 Å². The zero-order valence-corrected chi connectivity index (χ0v) is 25.2. The molecular formula is C33H40INO3. The van der Waals surface area contributed by atoms with Crippen LogP contribution in [-0.2, 0) is 15.1 Å². The summed E-state index contributed by atoms with van der Waals surface area (Å²) in [4.78, 5) is 16.1. The Bertz CT molecular complexity index is 1170. The predicted molar refractivity (Wildman–Crippen MR) is 163 cm³/mol.